The Morgan fingerprint density at radius 1 is 0.568 bits per heavy atom. The molecule has 0 unspecified atom stereocenters. The topological polar surface area (TPSA) is 17.3 Å². The highest BCUT2D eigenvalue weighted by molar-refractivity contribution is 6.16. The highest BCUT2D eigenvalue weighted by Gasteiger charge is 2.21. The van der Waals surface area contributed by atoms with Gasteiger partial charge in [-0.15, -0.1) is 0 Å². The van der Waals surface area contributed by atoms with E-state index in [0.717, 1.165) is 5.65 Å². The van der Waals surface area contributed by atoms with E-state index >= 15 is 0 Å². The predicted octanol–water partition coefficient (Wildman–Crippen LogP) is 9.86. The Hall–Kier alpha value is -4.17. The number of fused-ring (bicyclic) bond motifs is 8. The van der Waals surface area contributed by atoms with Crippen LogP contribution in [-0.2, 0) is 0 Å². The van der Waals surface area contributed by atoms with Crippen molar-refractivity contribution < 1.29 is 0 Å². The Labute approximate surface area is 217 Å². The second-order valence-electron chi connectivity index (χ2n) is 10.9. The van der Waals surface area contributed by atoms with Crippen LogP contribution in [-0.4, -0.2) is 9.38 Å². The van der Waals surface area contributed by atoms with Gasteiger partial charge in [-0.25, -0.2) is 4.98 Å². The minimum atomic E-state index is 0.415. The van der Waals surface area contributed by atoms with E-state index in [4.69, 9.17) is 4.98 Å². The first-order valence-electron chi connectivity index (χ1n) is 13.3. The molecule has 0 radical (unpaired) electrons. The van der Waals surface area contributed by atoms with Crippen LogP contribution in [0.25, 0.3) is 60.1 Å². The molecule has 0 saturated heterocycles. The number of nitrogens with zero attached hydrogens (tertiary/aromatic N) is 2. The molecule has 0 saturated carbocycles. The maximum absolute atomic E-state index is 5.07. The van der Waals surface area contributed by atoms with Gasteiger partial charge >= 0.3 is 0 Å². The fraction of sp³-hybridized carbons (Fsp3) is 0.171. The minimum absolute atomic E-state index is 0.415. The van der Waals surface area contributed by atoms with Gasteiger partial charge < -0.3 is 0 Å². The second-order valence-corrected chi connectivity index (χ2v) is 10.9. The molecule has 7 aromatic rings. The Morgan fingerprint density at radius 2 is 1.16 bits per heavy atom. The number of benzene rings is 5. The number of aromatic nitrogens is 2. The first-order chi connectivity index (χ1) is 18.0. The van der Waals surface area contributed by atoms with E-state index in [0.29, 0.717) is 11.8 Å². The van der Waals surface area contributed by atoms with Crippen molar-refractivity contribution in [3.63, 3.8) is 0 Å². The fourth-order valence-electron chi connectivity index (χ4n) is 6.10. The average molecular weight is 479 g/mol. The molecule has 2 aromatic heterocycles. The zero-order chi connectivity index (χ0) is 25.3. The largest absolute Gasteiger partial charge is 0.292 e. The van der Waals surface area contributed by atoms with Crippen LogP contribution in [0, 0.1) is 0 Å². The lowest BCUT2D eigenvalue weighted by molar-refractivity contribution is 0.836. The summed E-state index contributed by atoms with van der Waals surface area (Å²) in [6, 6.07) is 33.5. The van der Waals surface area contributed by atoms with Gasteiger partial charge in [-0.1, -0.05) is 94.4 Å². The molecule has 0 aliphatic rings. The summed E-state index contributed by atoms with van der Waals surface area (Å²) in [7, 11) is 0. The summed E-state index contributed by atoms with van der Waals surface area (Å²) < 4.78 is 2.42. The van der Waals surface area contributed by atoms with Crippen molar-refractivity contribution >= 4 is 48.9 Å². The fourth-order valence-corrected chi connectivity index (χ4v) is 6.10. The van der Waals surface area contributed by atoms with E-state index in [2.05, 4.69) is 129 Å². The molecule has 2 heteroatoms. The molecule has 0 fully saturated rings. The van der Waals surface area contributed by atoms with Crippen LogP contribution in [0.5, 0.6) is 0 Å². The van der Waals surface area contributed by atoms with Gasteiger partial charge in [-0.2, -0.15) is 0 Å². The Balaban J connectivity index is 1.69. The molecular formula is C35H30N2. The molecule has 2 heterocycles. The van der Waals surface area contributed by atoms with Gasteiger partial charge in [-0.05, 0) is 74.2 Å². The molecule has 0 amide bonds. The number of imidazole rings is 1. The van der Waals surface area contributed by atoms with E-state index in [1.165, 1.54) is 65.6 Å². The van der Waals surface area contributed by atoms with E-state index in [-0.39, 0.29) is 0 Å². The smallest absolute Gasteiger partial charge is 0.145 e. The van der Waals surface area contributed by atoms with Crippen LogP contribution in [0.2, 0.25) is 0 Å². The summed E-state index contributed by atoms with van der Waals surface area (Å²) >= 11 is 0. The summed E-state index contributed by atoms with van der Waals surface area (Å²) in [5.41, 5.74) is 7.49. The lowest BCUT2D eigenvalue weighted by atomic mass is 9.87. The zero-order valence-electron chi connectivity index (χ0n) is 21.8. The van der Waals surface area contributed by atoms with Gasteiger partial charge in [-0.3, -0.25) is 4.40 Å². The Kier molecular flexibility index (Phi) is 4.87. The van der Waals surface area contributed by atoms with Gasteiger partial charge in [0, 0.05) is 16.3 Å². The quantitative estimate of drug-likeness (QED) is 0.182. The van der Waals surface area contributed by atoms with Crippen LogP contribution in [0.15, 0.2) is 97.2 Å². The van der Waals surface area contributed by atoms with Crippen molar-refractivity contribution in [2.75, 3.05) is 0 Å². The molecule has 2 nitrogen and oxygen atoms in total. The molecule has 5 aromatic carbocycles. The zero-order valence-corrected chi connectivity index (χ0v) is 21.8. The molecule has 0 N–H and O–H groups in total. The molecule has 0 aliphatic heterocycles. The van der Waals surface area contributed by atoms with Gasteiger partial charge in [0.1, 0.15) is 5.65 Å². The van der Waals surface area contributed by atoms with E-state index in [9.17, 15) is 0 Å². The molecule has 7 rings (SSSR count). The SMILES string of the molecule is CC(C)c1cccc(C(C)C)c1-c1cnc2c3ccccc3c3cc4cc5ccccc5cc4cc3n12. The second kappa shape index (κ2) is 8.18. The first-order valence-corrected chi connectivity index (χ1v) is 13.3. The van der Waals surface area contributed by atoms with Crippen LogP contribution in [0.1, 0.15) is 50.7 Å². The summed E-state index contributed by atoms with van der Waals surface area (Å²) in [6.07, 6.45) is 2.10. The van der Waals surface area contributed by atoms with E-state index < -0.39 is 0 Å². The molecular weight excluding hydrogens is 448 g/mol. The third-order valence-electron chi connectivity index (χ3n) is 7.91. The number of pyridine rings is 1. The lowest BCUT2D eigenvalue weighted by Crippen LogP contribution is -2.02. The molecule has 0 spiro atoms. The molecule has 0 atom stereocenters. The van der Waals surface area contributed by atoms with Crippen molar-refractivity contribution in [3.05, 3.63) is 108 Å². The highest BCUT2D eigenvalue weighted by Crippen LogP contribution is 2.40. The molecule has 180 valence electrons. The summed E-state index contributed by atoms with van der Waals surface area (Å²) in [6.45, 7) is 9.16. The Morgan fingerprint density at radius 3 is 1.81 bits per heavy atom. The van der Waals surface area contributed by atoms with Crippen LogP contribution < -0.4 is 0 Å². The van der Waals surface area contributed by atoms with Crippen molar-refractivity contribution in [1.29, 1.82) is 0 Å². The summed E-state index contributed by atoms with van der Waals surface area (Å²) in [5.74, 6) is 0.830. The molecule has 37 heavy (non-hydrogen) atoms. The first kappa shape index (κ1) is 22.1. The number of rotatable bonds is 3. The van der Waals surface area contributed by atoms with Gasteiger partial charge in [0.25, 0.3) is 0 Å². The maximum atomic E-state index is 5.07. The third-order valence-corrected chi connectivity index (χ3v) is 7.91. The van der Waals surface area contributed by atoms with Crippen LogP contribution >= 0.6 is 0 Å². The summed E-state index contributed by atoms with van der Waals surface area (Å²) in [5, 5.41) is 8.76. The van der Waals surface area contributed by atoms with Gasteiger partial charge in [0.05, 0.1) is 17.4 Å². The Bertz CT molecular complexity index is 1960. The number of hydrogen-bond acceptors (Lipinski definition) is 1. The average Bonchev–Trinajstić information content (AvgIpc) is 3.36. The monoisotopic (exact) mass is 478 g/mol. The van der Waals surface area contributed by atoms with Crippen molar-refractivity contribution in [1.82, 2.24) is 9.38 Å². The van der Waals surface area contributed by atoms with Gasteiger partial charge in [0.2, 0.25) is 0 Å². The highest BCUT2D eigenvalue weighted by atomic mass is 15.0. The standard InChI is InChI=1S/C35H30N2/c1-21(2)27-14-9-15-28(22(3)4)34(27)33-20-36-35-30-13-8-7-12-29(30)31-18-25-16-23-10-5-6-11-24(23)17-26(25)19-32(31)37(33)35/h5-22H,1-4H3. The van der Waals surface area contributed by atoms with Crippen LogP contribution in [0.3, 0.4) is 0 Å². The maximum Gasteiger partial charge on any atom is 0.145 e. The lowest BCUT2D eigenvalue weighted by Gasteiger charge is -2.20. The van der Waals surface area contributed by atoms with Crippen molar-refractivity contribution in [2.24, 2.45) is 0 Å². The molecule has 0 bridgehead atoms. The third kappa shape index (κ3) is 3.29. The minimum Gasteiger partial charge on any atom is -0.292 e. The van der Waals surface area contributed by atoms with E-state index in [1.807, 2.05) is 0 Å². The molecule has 0 aliphatic carbocycles. The summed E-state index contributed by atoms with van der Waals surface area (Å²) in [4.78, 5) is 5.07. The number of hydrogen-bond donors (Lipinski definition) is 0. The van der Waals surface area contributed by atoms with Crippen LogP contribution in [0.4, 0.5) is 0 Å². The van der Waals surface area contributed by atoms with E-state index in [1.54, 1.807) is 0 Å². The predicted molar refractivity (Wildman–Crippen MR) is 159 cm³/mol. The van der Waals surface area contributed by atoms with Crippen molar-refractivity contribution in [3.8, 4) is 11.3 Å². The normalized spacial score (nSPS) is 12.3. The van der Waals surface area contributed by atoms with Gasteiger partial charge in [0.15, 0.2) is 0 Å². The van der Waals surface area contributed by atoms with Crippen molar-refractivity contribution in [2.45, 2.75) is 39.5 Å².